The topological polar surface area (TPSA) is 38.3 Å². The summed E-state index contributed by atoms with van der Waals surface area (Å²) in [6, 6.07) is 0.266. The van der Waals surface area contributed by atoms with Crippen molar-refractivity contribution in [1.82, 2.24) is 5.32 Å². The molecule has 0 bridgehead atoms. The standard InChI is InChI=1S/C11H21NO2/c1-7(2)10(13)12-8-6-9(14-5)11(8,3)4/h7-9H,6H2,1-5H3,(H,12,13). The van der Waals surface area contributed by atoms with E-state index in [0.29, 0.717) is 0 Å². The molecule has 1 rings (SSSR count). The van der Waals surface area contributed by atoms with E-state index in [-0.39, 0.29) is 29.4 Å². The summed E-state index contributed by atoms with van der Waals surface area (Å²) < 4.78 is 5.32. The lowest BCUT2D eigenvalue weighted by Crippen LogP contribution is -2.62. The number of hydrogen-bond acceptors (Lipinski definition) is 2. The van der Waals surface area contributed by atoms with Gasteiger partial charge < -0.3 is 10.1 Å². The second kappa shape index (κ2) is 3.89. The second-order valence-corrected chi connectivity index (χ2v) is 5.00. The predicted octanol–water partition coefficient (Wildman–Crippen LogP) is 1.57. The largest absolute Gasteiger partial charge is 0.381 e. The molecule has 1 aliphatic rings. The summed E-state index contributed by atoms with van der Waals surface area (Å²) in [6.45, 7) is 8.09. The molecule has 1 amide bonds. The number of carbonyl (C=O) groups excluding carboxylic acids is 1. The molecule has 0 aliphatic heterocycles. The molecule has 82 valence electrons. The first kappa shape index (κ1) is 11.5. The molecule has 0 spiro atoms. The Bertz CT molecular complexity index is 223. The van der Waals surface area contributed by atoms with E-state index in [9.17, 15) is 4.79 Å². The van der Waals surface area contributed by atoms with Crippen molar-refractivity contribution >= 4 is 5.91 Å². The summed E-state index contributed by atoms with van der Waals surface area (Å²) in [5, 5.41) is 3.05. The second-order valence-electron chi connectivity index (χ2n) is 5.00. The Labute approximate surface area is 86.2 Å². The lowest BCUT2D eigenvalue weighted by atomic mass is 9.64. The SMILES string of the molecule is COC1CC(NC(=O)C(C)C)C1(C)C. The molecule has 2 unspecified atom stereocenters. The number of nitrogens with one attached hydrogen (secondary N) is 1. The molecular weight excluding hydrogens is 178 g/mol. The van der Waals surface area contributed by atoms with Gasteiger partial charge in [0.2, 0.25) is 5.91 Å². The third kappa shape index (κ3) is 1.92. The fraction of sp³-hybridized carbons (Fsp3) is 0.909. The van der Waals surface area contributed by atoms with Crippen LogP contribution in [0.5, 0.6) is 0 Å². The van der Waals surface area contributed by atoms with Crippen LogP contribution in [0.4, 0.5) is 0 Å². The zero-order valence-electron chi connectivity index (χ0n) is 9.76. The van der Waals surface area contributed by atoms with Crippen molar-refractivity contribution in [2.45, 2.75) is 46.3 Å². The number of hydrogen-bond donors (Lipinski definition) is 1. The number of rotatable bonds is 3. The van der Waals surface area contributed by atoms with Crippen LogP contribution in [-0.4, -0.2) is 25.2 Å². The van der Waals surface area contributed by atoms with Crippen LogP contribution in [0.15, 0.2) is 0 Å². The minimum absolute atomic E-state index is 0.0624. The molecule has 1 N–H and O–H groups in total. The summed E-state index contributed by atoms with van der Waals surface area (Å²) in [7, 11) is 1.73. The number of amides is 1. The van der Waals surface area contributed by atoms with Crippen LogP contribution in [0.1, 0.15) is 34.1 Å². The van der Waals surface area contributed by atoms with Crippen molar-refractivity contribution in [1.29, 1.82) is 0 Å². The van der Waals surface area contributed by atoms with E-state index in [2.05, 4.69) is 19.2 Å². The van der Waals surface area contributed by atoms with E-state index in [0.717, 1.165) is 6.42 Å². The summed E-state index contributed by atoms with van der Waals surface area (Å²) in [5.74, 6) is 0.199. The van der Waals surface area contributed by atoms with Crippen molar-refractivity contribution in [3.05, 3.63) is 0 Å². The maximum atomic E-state index is 11.5. The number of methoxy groups -OCH3 is 1. The molecule has 0 aromatic rings. The molecule has 14 heavy (non-hydrogen) atoms. The van der Waals surface area contributed by atoms with Crippen molar-refractivity contribution in [3.8, 4) is 0 Å². The molecule has 0 heterocycles. The molecule has 3 heteroatoms. The van der Waals surface area contributed by atoms with E-state index < -0.39 is 0 Å². The van der Waals surface area contributed by atoms with Gasteiger partial charge in [-0.05, 0) is 6.42 Å². The lowest BCUT2D eigenvalue weighted by Gasteiger charge is -2.51. The van der Waals surface area contributed by atoms with Gasteiger partial charge in [0.25, 0.3) is 0 Å². The maximum absolute atomic E-state index is 11.5. The smallest absolute Gasteiger partial charge is 0.222 e. The van der Waals surface area contributed by atoms with Gasteiger partial charge in [0.15, 0.2) is 0 Å². The van der Waals surface area contributed by atoms with Gasteiger partial charge in [-0.1, -0.05) is 27.7 Å². The van der Waals surface area contributed by atoms with Crippen molar-refractivity contribution < 1.29 is 9.53 Å². The highest BCUT2D eigenvalue weighted by Crippen LogP contribution is 2.42. The fourth-order valence-corrected chi connectivity index (χ4v) is 1.87. The van der Waals surface area contributed by atoms with Gasteiger partial charge in [0.1, 0.15) is 0 Å². The van der Waals surface area contributed by atoms with Crippen LogP contribution < -0.4 is 5.32 Å². The Morgan fingerprint density at radius 2 is 2.07 bits per heavy atom. The first-order chi connectivity index (χ1) is 6.39. The summed E-state index contributed by atoms with van der Waals surface area (Å²) in [6.07, 6.45) is 1.21. The van der Waals surface area contributed by atoms with Crippen molar-refractivity contribution in [2.24, 2.45) is 11.3 Å². The lowest BCUT2D eigenvalue weighted by molar-refractivity contribution is -0.135. The van der Waals surface area contributed by atoms with Gasteiger partial charge in [-0.25, -0.2) is 0 Å². The minimum Gasteiger partial charge on any atom is -0.381 e. The molecule has 0 aromatic carbocycles. The first-order valence-corrected chi connectivity index (χ1v) is 5.22. The molecule has 0 aromatic heterocycles. The van der Waals surface area contributed by atoms with E-state index in [1.807, 2.05) is 13.8 Å². The Morgan fingerprint density at radius 3 is 2.43 bits per heavy atom. The van der Waals surface area contributed by atoms with Crippen LogP contribution in [0.3, 0.4) is 0 Å². The summed E-state index contributed by atoms with van der Waals surface area (Å²) in [4.78, 5) is 11.5. The molecule has 1 fully saturated rings. The normalized spacial score (nSPS) is 29.9. The van der Waals surface area contributed by atoms with E-state index >= 15 is 0 Å². The molecule has 1 aliphatic carbocycles. The zero-order valence-corrected chi connectivity index (χ0v) is 9.76. The number of ether oxygens (including phenoxy) is 1. The van der Waals surface area contributed by atoms with Crippen LogP contribution in [0.25, 0.3) is 0 Å². The highest BCUT2D eigenvalue weighted by atomic mass is 16.5. The van der Waals surface area contributed by atoms with Crippen molar-refractivity contribution in [3.63, 3.8) is 0 Å². The van der Waals surface area contributed by atoms with E-state index in [4.69, 9.17) is 4.74 Å². The van der Waals surface area contributed by atoms with Crippen LogP contribution in [0.2, 0.25) is 0 Å². The fourth-order valence-electron chi connectivity index (χ4n) is 1.87. The highest BCUT2D eigenvalue weighted by Gasteiger charge is 2.49. The third-order valence-corrected chi connectivity index (χ3v) is 3.30. The quantitative estimate of drug-likeness (QED) is 0.749. The Hall–Kier alpha value is -0.570. The maximum Gasteiger partial charge on any atom is 0.222 e. The highest BCUT2D eigenvalue weighted by molar-refractivity contribution is 5.78. The van der Waals surface area contributed by atoms with Crippen molar-refractivity contribution in [2.75, 3.05) is 7.11 Å². The van der Waals surface area contributed by atoms with Gasteiger partial charge in [-0.2, -0.15) is 0 Å². The third-order valence-electron chi connectivity index (χ3n) is 3.30. The van der Waals surface area contributed by atoms with Crippen LogP contribution >= 0.6 is 0 Å². The molecule has 3 nitrogen and oxygen atoms in total. The van der Waals surface area contributed by atoms with Gasteiger partial charge in [0.05, 0.1) is 6.10 Å². The van der Waals surface area contributed by atoms with E-state index in [1.54, 1.807) is 7.11 Å². The molecule has 0 radical (unpaired) electrons. The van der Waals surface area contributed by atoms with Crippen LogP contribution in [0, 0.1) is 11.3 Å². The monoisotopic (exact) mass is 199 g/mol. The Kier molecular flexibility index (Phi) is 3.20. The Balaban J connectivity index is 2.47. The van der Waals surface area contributed by atoms with Gasteiger partial charge in [0, 0.05) is 24.5 Å². The molecular formula is C11H21NO2. The van der Waals surface area contributed by atoms with Gasteiger partial charge in [-0.15, -0.1) is 0 Å². The predicted molar refractivity (Wildman–Crippen MR) is 56.0 cm³/mol. The number of carbonyl (C=O) groups is 1. The average molecular weight is 199 g/mol. The molecule has 1 saturated carbocycles. The molecule has 2 atom stereocenters. The summed E-state index contributed by atoms with van der Waals surface area (Å²) >= 11 is 0. The van der Waals surface area contributed by atoms with Gasteiger partial charge in [-0.3, -0.25) is 4.79 Å². The van der Waals surface area contributed by atoms with Crippen LogP contribution in [-0.2, 0) is 9.53 Å². The first-order valence-electron chi connectivity index (χ1n) is 5.22. The van der Waals surface area contributed by atoms with E-state index in [1.165, 1.54) is 0 Å². The zero-order chi connectivity index (χ0) is 10.9. The average Bonchev–Trinajstić information content (AvgIpc) is 2.10. The molecule has 0 saturated heterocycles. The minimum atomic E-state index is 0.0624. The van der Waals surface area contributed by atoms with Gasteiger partial charge >= 0.3 is 0 Å². The summed E-state index contributed by atoms with van der Waals surface area (Å²) in [5.41, 5.74) is 0.0688. The Morgan fingerprint density at radius 1 is 1.50 bits per heavy atom.